The molecule has 6 rings (SSSR count). The van der Waals surface area contributed by atoms with Crippen molar-refractivity contribution in [3.8, 4) is 29.3 Å². The summed E-state index contributed by atoms with van der Waals surface area (Å²) >= 11 is 0. The van der Waals surface area contributed by atoms with Gasteiger partial charge in [0.25, 0.3) is 0 Å². The fourth-order valence-corrected chi connectivity index (χ4v) is 6.04. The molecule has 1 aliphatic heterocycles. The van der Waals surface area contributed by atoms with Crippen molar-refractivity contribution < 1.29 is 19.0 Å². The summed E-state index contributed by atoms with van der Waals surface area (Å²) in [7, 11) is 0. The summed E-state index contributed by atoms with van der Waals surface area (Å²) in [6, 6.07) is 31.5. The van der Waals surface area contributed by atoms with Crippen molar-refractivity contribution in [1.82, 2.24) is 19.8 Å². The molecule has 3 aromatic carbocycles. The van der Waals surface area contributed by atoms with Crippen molar-refractivity contribution in [1.29, 1.82) is 5.26 Å². The number of hydrogen-bond acceptors (Lipinski definition) is 8. The maximum absolute atomic E-state index is 13.1. The molecule has 0 N–H and O–H groups in total. The number of carbonyl (C=O) groups is 1. The molecule has 1 aliphatic rings. The van der Waals surface area contributed by atoms with Gasteiger partial charge in [0.2, 0.25) is 17.7 Å². The first-order chi connectivity index (χ1) is 25.3. The fraction of sp³-hybridized carbons (Fsp3) is 0.256. The molecule has 52 heavy (non-hydrogen) atoms. The molecule has 1 saturated heterocycles. The first-order valence-electron chi connectivity index (χ1n) is 17.5. The van der Waals surface area contributed by atoms with Crippen LogP contribution in [0.3, 0.4) is 0 Å². The molecule has 9 nitrogen and oxygen atoms in total. The van der Waals surface area contributed by atoms with E-state index in [2.05, 4.69) is 45.2 Å². The van der Waals surface area contributed by atoms with Crippen LogP contribution in [0.15, 0.2) is 103 Å². The minimum Gasteiger partial charge on any atom is -0.487 e. The number of aryl methyl sites for hydroxylation is 3. The molecular weight excluding hydrogens is 651 g/mol. The number of rotatable bonds is 13. The molecule has 5 aromatic rings. The van der Waals surface area contributed by atoms with Crippen molar-refractivity contribution >= 4 is 12.0 Å². The third-order valence-corrected chi connectivity index (χ3v) is 8.92. The maximum atomic E-state index is 13.1. The number of benzene rings is 3. The van der Waals surface area contributed by atoms with Crippen LogP contribution in [0, 0.1) is 32.1 Å². The van der Waals surface area contributed by atoms with Gasteiger partial charge in [-0.3, -0.25) is 9.69 Å². The average Bonchev–Trinajstić information content (AvgIpc) is 3.16. The van der Waals surface area contributed by atoms with E-state index in [4.69, 9.17) is 19.5 Å². The number of hydrogen-bond donors (Lipinski definition) is 0. The van der Waals surface area contributed by atoms with E-state index in [0.29, 0.717) is 49.4 Å². The van der Waals surface area contributed by atoms with Crippen molar-refractivity contribution in [2.24, 2.45) is 0 Å². The molecule has 9 heteroatoms. The Labute approximate surface area is 305 Å². The van der Waals surface area contributed by atoms with Crippen LogP contribution >= 0.6 is 0 Å². The topological polar surface area (TPSA) is 101 Å². The molecule has 0 aliphatic carbocycles. The van der Waals surface area contributed by atoms with Crippen molar-refractivity contribution in [3.63, 3.8) is 0 Å². The van der Waals surface area contributed by atoms with E-state index in [1.165, 1.54) is 11.1 Å². The monoisotopic (exact) mass is 693 g/mol. The second-order valence-electron chi connectivity index (χ2n) is 13.0. The van der Waals surface area contributed by atoms with Gasteiger partial charge in [0.05, 0.1) is 24.4 Å². The number of ether oxygens (including phenoxy) is 3. The number of carbonyl (C=O) groups excluding carboxylic acids is 1. The van der Waals surface area contributed by atoms with E-state index in [0.717, 1.165) is 59.8 Å². The lowest BCUT2D eigenvalue weighted by molar-refractivity contribution is -0.127. The highest BCUT2D eigenvalue weighted by molar-refractivity contribution is 5.92. The predicted octanol–water partition coefficient (Wildman–Crippen LogP) is 7.62. The van der Waals surface area contributed by atoms with Crippen LogP contribution in [0.2, 0.25) is 0 Å². The second kappa shape index (κ2) is 17.3. The van der Waals surface area contributed by atoms with Crippen LogP contribution in [0.5, 0.6) is 23.3 Å². The van der Waals surface area contributed by atoms with Gasteiger partial charge in [0.15, 0.2) is 0 Å². The molecule has 1 fully saturated rings. The van der Waals surface area contributed by atoms with Crippen molar-refractivity contribution in [2.75, 3.05) is 32.8 Å². The first-order valence-corrected chi connectivity index (χ1v) is 17.5. The van der Waals surface area contributed by atoms with E-state index < -0.39 is 0 Å². The molecule has 0 saturated carbocycles. The molecule has 0 atom stereocenters. The number of nitrogens with zero attached hydrogens (tertiary/aromatic N) is 5. The lowest BCUT2D eigenvalue weighted by Gasteiger charge is -2.34. The lowest BCUT2D eigenvalue weighted by atomic mass is 10.1. The van der Waals surface area contributed by atoms with E-state index in [1.54, 1.807) is 30.5 Å². The van der Waals surface area contributed by atoms with Crippen molar-refractivity contribution in [2.45, 2.75) is 40.3 Å². The van der Waals surface area contributed by atoms with E-state index in [9.17, 15) is 4.79 Å². The van der Waals surface area contributed by atoms with Crippen LogP contribution in [0.4, 0.5) is 0 Å². The Kier molecular flexibility index (Phi) is 11.9. The van der Waals surface area contributed by atoms with Gasteiger partial charge in [0.1, 0.15) is 18.1 Å². The smallest absolute Gasteiger partial charge is 0.246 e. The normalized spacial score (nSPS) is 13.2. The van der Waals surface area contributed by atoms with Gasteiger partial charge in [-0.15, -0.1) is 0 Å². The van der Waals surface area contributed by atoms with Gasteiger partial charge in [-0.25, -0.2) is 9.97 Å². The van der Waals surface area contributed by atoms with Gasteiger partial charge in [-0.05, 0) is 96.6 Å². The summed E-state index contributed by atoms with van der Waals surface area (Å²) in [5.41, 5.74) is 7.87. The number of aromatic nitrogens is 2. The molecule has 3 heterocycles. The fourth-order valence-electron chi connectivity index (χ4n) is 6.04. The molecule has 1 amide bonds. The van der Waals surface area contributed by atoms with Gasteiger partial charge in [-0.2, -0.15) is 5.26 Å². The Morgan fingerprint density at radius 2 is 1.54 bits per heavy atom. The highest BCUT2D eigenvalue weighted by atomic mass is 16.5. The van der Waals surface area contributed by atoms with Crippen LogP contribution in [-0.2, 0) is 24.4 Å². The van der Waals surface area contributed by atoms with E-state index >= 15 is 0 Å². The number of nitriles is 1. The van der Waals surface area contributed by atoms with E-state index in [-0.39, 0.29) is 5.91 Å². The maximum Gasteiger partial charge on any atom is 0.246 e. The second-order valence-corrected chi connectivity index (χ2v) is 13.0. The largest absolute Gasteiger partial charge is 0.487 e. The summed E-state index contributed by atoms with van der Waals surface area (Å²) in [6.45, 7) is 10.8. The van der Waals surface area contributed by atoms with E-state index in [1.807, 2.05) is 80.3 Å². The van der Waals surface area contributed by atoms with Gasteiger partial charge >= 0.3 is 0 Å². The van der Waals surface area contributed by atoms with Crippen LogP contribution in [0.1, 0.15) is 44.6 Å². The number of pyridine rings is 2. The third kappa shape index (κ3) is 10.1. The Morgan fingerprint density at radius 3 is 2.21 bits per heavy atom. The van der Waals surface area contributed by atoms with Crippen LogP contribution < -0.4 is 14.2 Å². The predicted molar refractivity (Wildman–Crippen MR) is 201 cm³/mol. The van der Waals surface area contributed by atoms with Gasteiger partial charge < -0.3 is 19.1 Å². The third-order valence-electron chi connectivity index (χ3n) is 8.92. The molecular formula is C43H43N5O4. The molecule has 0 unspecified atom stereocenters. The number of amides is 1. The molecule has 0 spiro atoms. The SMILES string of the molecule is Cc1cccc(OCCc2ccc(CN3CCN(C(=O)/C=C/c4cc(C)c(Oc5ccc(OCc6ccc(C#N)cc6)cn5)c(C)c4)CC3)cc2)n1. The highest BCUT2D eigenvalue weighted by Crippen LogP contribution is 2.30. The standard InChI is InChI=1S/C43H43N5O4/c1-31-25-38(26-32(2)43(31)52-40-17-16-39(28-45-40)51-30-37-13-9-35(27-44)10-14-37)15-18-42(49)48-22-20-47(21-23-48)29-36-11-7-34(8-12-36)19-24-50-41-6-4-5-33(3)46-41/h4-18,25-26,28H,19-24,29-30H2,1-3H3/b18-15+. The minimum absolute atomic E-state index is 0.0217. The Balaban J connectivity index is 0.932. The molecule has 0 bridgehead atoms. The average molecular weight is 694 g/mol. The first kappa shape index (κ1) is 35.8. The Morgan fingerprint density at radius 1 is 0.827 bits per heavy atom. The van der Waals surface area contributed by atoms with Gasteiger partial charge in [0, 0.05) is 63.0 Å². The zero-order chi connectivity index (χ0) is 36.3. The molecule has 264 valence electrons. The molecule has 0 radical (unpaired) electrons. The zero-order valence-electron chi connectivity index (χ0n) is 29.9. The Hall–Kier alpha value is -5.98. The number of piperazine rings is 1. The summed E-state index contributed by atoms with van der Waals surface area (Å²) < 4.78 is 17.8. The molecule has 2 aromatic heterocycles. The summed E-state index contributed by atoms with van der Waals surface area (Å²) in [5.74, 6) is 2.50. The summed E-state index contributed by atoms with van der Waals surface area (Å²) in [5, 5.41) is 8.96. The summed E-state index contributed by atoms with van der Waals surface area (Å²) in [4.78, 5) is 26.2. The van der Waals surface area contributed by atoms with Crippen molar-refractivity contribution in [3.05, 3.63) is 148 Å². The lowest BCUT2D eigenvalue weighted by Crippen LogP contribution is -2.47. The van der Waals surface area contributed by atoms with Crippen LogP contribution in [0.25, 0.3) is 6.08 Å². The zero-order valence-corrected chi connectivity index (χ0v) is 29.9. The highest BCUT2D eigenvalue weighted by Gasteiger charge is 2.20. The summed E-state index contributed by atoms with van der Waals surface area (Å²) in [6.07, 6.45) is 6.00. The quantitative estimate of drug-likeness (QED) is 0.116. The van der Waals surface area contributed by atoms with Gasteiger partial charge in [-0.1, -0.05) is 42.5 Å². The van der Waals surface area contributed by atoms with Crippen LogP contribution in [-0.4, -0.2) is 58.5 Å². The Bertz CT molecular complexity index is 2010. The minimum atomic E-state index is 0.0217.